The Morgan fingerprint density at radius 2 is 2.25 bits per heavy atom. The number of likely N-dealkylation sites (tertiary alicyclic amines) is 1. The van der Waals surface area contributed by atoms with Crippen molar-refractivity contribution in [3.05, 3.63) is 39.7 Å². The maximum absolute atomic E-state index is 13.8. The second-order valence-electron chi connectivity index (χ2n) is 4.81. The van der Waals surface area contributed by atoms with Gasteiger partial charge < -0.3 is 5.11 Å². The Kier molecular flexibility index (Phi) is 4.29. The first-order valence-electron chi connectivity index (χ1n) is 6.39. The van der Waals surface area contributed by atoms with Crippen molar-refractivity contribution in [2.45, 2.75) is 31.8 Å². The van der Waals surface area contributed by atoms with Crippen molar-refractivity contribution in [1.29, 1.82) is 0 Å². The Morgan fingerprint density at radius 1 is 1.50 bits per heavy atom. The molecule has 0 bridgehead atoms. The van der Waals surface area contributed by atoms with Gasteiger partial charge in [-0.25, -0.2) is 4.39 Å². The summed E-state index contributed by atoms with van der Waals surface area (Å²) in [4.78, 5) is 23.1. The van der Waals surface area contributed by atoms with Gasteiger partial charge in [-0.1, -0.05) is 12.5 Å². The van der Waals surface area contributed by atoms with Crippen molar-refractivity contribution in [2.75, 3.05) is 6.54 Å². The van der Waals surface area contributed by atoms with Gasteiger partial charge in [0.05, 0.1) is 10.5 Å². The van der Waals surface area contributed by atoms with Crippen molar-refractivity contribution < 1.29 is 19.2 Å². The molecule has 0 spiro atoms. The molecular weight excluding hydrogens is 267 g/mol. The summed E-state index contributed by atoms with van der Waals surface area (Å²) in [5, 5.41) is 20.1. The number of rotatable bonds is 4. The molecule has 1 fully saturated rings. The number of nitrogens with zero attached hydrogens (tertiary/aromatic N) is 2. The highest BCUT2D eigenvalue weighted by atomic mass is 19.1. The fourth-order valence-electron chi connectivity index (χ4n) is 2.54. The van der Waals surface area contributed by atoms with Gasteiger partial charge in [0.15, 0.2) is 0 Å². The molecule has 2 rings (SSSR count). The van der Waals surface area contributed by atoms with E-state index in [1.165, 1.54) is 12.1 Å². The lowest BCUT2D eigenvalue weighted by Crippen LogP contribution is -2.44. The molecule has 1 aromatic rings. The molecule has 7 heteroatoms. The molecule has 1 aromatic carbocycles. The summed E-state index contributed by atoms with van der Waals surface area (Å²) in [6.07, 6.45) is 2.09. The minimum absolute atomic E-state index is 0.0503. The van der Waals surface area contributed by atoms with Crippen molar-refractivity contribution >= 4 is 11.7 Å². The third-order valence-electron chi connectivity index (χ3n) is 3.55. The standard InChI is InChI=1S/C13H15FN2O4/c14-10-4-3-6-11(16(19)20)9(10)8-15-7-2-1-5-12(15)13(17)18/h3-4,6,12H,1-2,5,7-8H2,(H,17,18). The van der Waals surface area contributed by atoms with E-state index < -0.39 is 22.8 Å². The van der Waals surface area contributed by atoms with Crippen LogP contribution in [0.25, 0.3) is 0 Å². The van der Waals surface area contributed by atoms with Gasteiger partial charge in [0.2, 0.25) is 0 Å². The largest absolute Gasteiger partial charge is 0.480 e. The Morgan fingerprint density at radius 3 is 2.90 bits per heavy atom. The molecule has 0 amide bonds. The van der Waals surface area contributed by atoms with E-state index in [0.717, 1.165) is 18.9 Å². The lowest BCUT2D eigenvalue weighted by molar-refractivity contribution is -0.386. The van der Waals surface area contributed by atoms with Gasteiger partial charge in [-0.15, -0.1) is 0 Å². The number of carbonyl (C=O) groups is 1. The molecule has 0 radical (unpaired) electrons. The van der Waals surface area contributed by atoms with Crippen LogP contribution in [0.15, 0.2) is 18.2 Å². The topological polar surface area (TPSA) is 83.7 Å². The fraction of sp³-hybridized carbons (Fsp3) is 0.462. The van der Waals surface area contributed by atoms with Gasteiger partial charge >= 0.3 is 5.97 Å². The van der Waals surface area contributed by atoms with Crippen LogP contribution in [0.1, 0.15) is 24.8 Å². The van der Waals surface area contributed by atoms with E-state index in [0.29, 0.717) is 13.0 Å². The van der Waals surface area contributed by atoms with Crippen LogP contribution in [0, 0.1) is 15.9 Å². The summed E-state index contributed by atoms with van der Waals surface area (Å²) in [7, 11) is 0. The predicted octanol–water partition coefficient (Wildman–Crippen LogP) is 2.17. The number of piperidine rings is 1. The number of hydrogen-bond acceptors (Lipinski definition) is 4. The number of hydrogen-bond donors (Lipinski definition) is 1. The lowest BCUT2D eigenvalue weighted by atomic mass is 10.0. The third kappa shape index (κ3) is 2.93. The second kappa shape index (κ2) is 5.96. The van der Waals surface area contributed by atoms with Gasteiger partial charge in [-0.05, 0) is 25.5 Å². The van der Waals surface area contributed by atoms with Crippen LogP contribution in [0.4, 0.5) is 10.1 Å². The predicted molar refractivity (Wildman–Crippen MR) is 68.7 cm³/mol. The summed E-state index contributed by atoms with van der Waals surface area (Å²) in [5.74, 6) is -1.64. The minimum Gasteiger partial charge on any atom is -0.480 e. The van der Waals surface area contributed by atoms with Crippen LogP contribution in [-0.2, 0) is 11.3 Å². The molecule has 1 atom stereocenters. The van der Waals surface area contributed by atoms with E-state index in [-0.39, 0.29) is 17.8 Å². The van der Waals surface area contributed by atoms with Crippen LogP contribution in [-0.4, -0.2) is 33.5 Å². The van der Waals surface area contributed by atoms with Crippen LogP contribution >= 0.6 is 0 Å². The first kappa shape index (κ1) is 14.4. The molecule has 1 aliphatic heterocycles. The number of nitro benzene ring substituents is 1. The van der Waals surface area contributed by atoms with Crippen molar-refractivity contribution in [2.24, 2.45) is 0 Å². The molecule has 1 N–H and O–H groups in total. The van der Waals surface area contributed by atoms with Crippen LogP contribution in [0.5, 0.6) is 0 Å². The lowest BCUT2D eigenvalue weighted by Gasteiger charge is -2.32. The van der Waals surface area contributed by atoms with Crippen LogP contribution in [0.3, 0.4) is 0 Å². The van der Waals surface area contributed by atoms with Gasteiger partial charge in [0.25, 0.3) is 5.69 Å². The summed E-state index contributed by atoms with van der Waals surface area (Å²) >= 11 is 0. The second-order valence-corrected chi connectivity index (χ2v) is 4.81. The zero-order valence-electron chi connectivity index (χ0n) is 10.8. The summed E-state index contributed by atoms with van der Waals surface area (Å²) < 4.78 is 13.8. The van der Waals surface area contributed by atoms with E-state index in [1.807, 2.05) is 0 Å². The Balaban J connectivity index is 2.28. The highest BCUT2D eigenvalue weighted by molar-refractivity contribution is 5.73. The number of nitro groups is 1. The molecule has 20 heavy (non-hydrogen) atoms. The van der Waals surface area contributed by atoms with Crippen molar-refractivity contribution in [3.8, 4) is 0 Å². The number of carboxylic acid groups (broad SMARTS) is 1. The summed E-state index contributed by atoms with van der Waals surface area (Å²) in [6.45, 7) is 0.447. The third-order valence-corrected chi connectivity index (χ3v) is 3.55. The van der Waals surface area contributed by atoms with Crippen LogP contribution in [0.2, 0.25) is 0 Å². The molecular formula is C13H15FN2O4. The highest BCUT2D eigenvalue weighted by Gasteiger charge is 2.31. The van der Waals surface area contributed by atoms with Crippen molar-refractivity contribution in [1.82, 2.24) is 4.90 Å². The number of halogens is 1. The first-order valence-corrected chi connectivity index (χ1v) is 6.39. The van der Waals surface area contributed by atoms with Gasteiger partial charge in [-0.3, -0.25) is 19.8 Å². The molecule has 1 unspecified atom stereocenters. The average Bonchev–Trinajstić information content (AvgIpc) is 2.41. The first-order chi connectivity index (χ1) is 9.50. The maximum Gasteiger partial charge on any atom is 0.320 e. The molecule has 0 aliphatic carbocycles. The van der Waals surface area contributed by atoms with E-state index >= 15 is 0 Å². The zero-order valence-corrected chi connectivity index (χ0v) is 10.8. The molecule has 0 saturated carbocycles. The van der Waals surface area contributed by atoms with E-state index in [2.05, 4.69) is 0 Å². The highest BCUT2D eigenvalue weighted by Crippen LogP contribution is 2.26. The van der Waals surface area contributed by atoms with Crippen molar-refractivity contribution in [3.63, 3.8) is 0 Å². The van der Waals surface area contributed by atoms with E-state index in [9.17, 15) is 19.3 Å². The number of benzene rings is 1. The monoisotopic (exact) mass is 282 g/mol. The minimum atomic E-state index is -0.969. The zero-order chi connectivity index (χ0) is 14.7. The molecule has 1 heterocycles. The smallest absolute Gasteiger partial charge is 0.320 e. The molecule has 0 aromatic heterocycles. The molecule has 6 nitrogen and oxygen atoms in total. The summed E-state index contributed by atoms with van der Waals surface area (Å²) in [6, 6.07) is 2.96. The molecule has 108 valence electrons. The SMILES string of the molecule is O=C(O)C1CCCCN1Cc1c(F)cccc1[N+](=O)[O-]. The molecule has 1 saturated heterocycles. The normalized spacial score (nSPS) is 19.8. The fourth-order valence-corrected chi connectivity index (χ4v) is 2.54. The van der Waals surface area contributed by atoms with E-state index in [4.69, 9.17) is 5.11 Å². The number of carboxylic acids is 1. The number of aliphatic carboxylic acids is 1. The maximum atomic E-state index is 13.8. The van der Waals surface area contributed by atoms with E-state index in [1.54, 1.807) is 4.90 Å². The Labute approximate surface area is 115 Å². The Bertz CT molecular complexity index is 535. The molecule has 1 aliphatic rings. The summed E-state index contributed by atoms with van der Waals surface area (Å²) in [5.41, 5.74) is -0.356. The van der Waals surface area contributed by atoms with Gasteiger partial charge in [0.1, 0.15) is 11.9 Å². The van der Waals surface area contributed by atoms with Gasteiger partial charge in [-0.2, -0.15) is 0 Å². The average molecular weight is 282 g/mol. The Hall–Kier alpha value is -2.02. The van der Waals surface area contributed by atoms with Gasteiger partial charge in [0, 0.05) is 12.6 Å². The van der Waals surface area contributed by atoms with Crippen LogP contribution < -0.4 is 0 Å². The quantitative estimate of drug-likeness (QED) is 0.676.